The summed E-state index contributed by atoms with van der Waals surface area (Å²) in [5, 5.41) is 5.04. The quantitative estimate of drug-likeness (QED) is 0.866. The summed E-state index contributed by atoms with van der Waals surface area (Å²) in [5.41, 5.74) is 2.71. The van der Waals surface area contributed by atoms with Crippen molar-refractivity contribution >= 4 is 22.8 Å². The molecule has 0 radical (unpaired) electrons. The van der Waals surface area contributed by atoms with Crippen LogP contribution >= 0.6 is 11.3 Å². The van der Waals surface area contributed by atoms with Crippen molar-refractivity contribution < 1.29 is 9.69 Å². The van der Waals surface area contributed by atoms with Gasteiger partial charge in [0.2, 0.25) is 0 Å². The highest BCUT2D eigenvalue weighted by molar-refractivity contribution is 7.09. The van der Waals surface area contributed by atoms with Gasteiger partial charge in [0, 0.05) is 11.3 Å². The Morgan fingerprint density at radius 3 is 2.73 bits per heavy atom. The Hall–Kier alpha value is -1.91. The van der Waals surface area contributed by atoms with Crippen molar-refractivity contribution in [2.75, 3.05) is 19.6 Å². The number of rotatable bonds is 5. The Labute approximate surface area is 135 Å². The van der Waals surface area contributed by atoms with Gasteiger partial charge in [0.05, 0.1) is 19.6 Å². The normalized spacial score (nSPS) is 17.8. The van der Waals surface area contributed by atoms with E-state index in [1.54, 1.807) is 11.3 Å². The molecule has 2 heterocycles. The second-order valence-corrected chi connectivity index (χ2v) is 6.61. The number of amides is 1. The van der Waals surface area contributed by atoms with Crippen LogP contribution in [0.2, 0.25) is 0 Å². The third-order valence-corrected chi connectivity index (χ3v) is 4.86. The number of nitrogens with one attached hydrogen (secondary N) is 2. The van der Waals surface area contributed by atoms with Crippen LogP contribution in [0, 0.1) is 0 Å². The van der Waals surface area contributed by atoms with E-state index in [0.29, 0.717) is 13.1 Å². The maximum Gasteiger partial charge on any atom is 0.275 e. The monoisotopic (exact) mass is 313 g/mol. The molecule has 0 aliphatic carbocycles. The first kappa shape index (κ1) is 15.0. The van der Waals surface area contributed by atoms with Crippen molar-refractivity contribution in [3.63, 3.8) is 0 Å². The summed E-state index contributed by atoms with van der Waals surface area (Å²) in [5.74, 6) is 0.139. The Balaban J connectivity index is 1.47. The zero-order chi connectivity index (χ0) is 15.2. The van der Waals surface area contributed by atoms with E-state index in [4.69, 9.17) is 0 Å². The maximum absolute atomic E-state index is 12.0. The van der Waals surface area contributed by atoms with E-state index in [0.717, 1.165) is 19.5 Å². The Morgan fingerprint density at radius 2 is 2.05 bits per heavy atom. The Morgan fingerprint density at radius 1 is 1.18 bits per heavy atom. The summed E-state index contributed by atoms with van der Waals surface area (Å²) in [6.45, 7) is 3.16. The van der Waals surface area contributed by atoms with Gasteiger partial charge in [-0.2, -0.15) is 0 Å². The van der Waals surface area contributed by atoms with Gasteiger partial charge >= 0.3 is 0 Å². The van der Waals surface area contributed by atoms with Gasteiger partial charge in [-0.25, -0.2) is 0 Å². The number of benzene rings is 1. The predicted molar refractivity (Wildman–Crippen MR) is 90.8 cm³/mol. The maximum atomic E-state index is 12.0. The summed E-state index contributed by atoms with van der Waals surface area (Å²) in [6, 6.07) is 14.6. The van der Waals surface area contributed by atoms with Crippen LogP contribution in [0.15, 0.2) is 53.9 Å². The number of hydrogen-bond acceptors (Lipinski definition) is 2. The third kappa shape index (κ3) is 4.06. The number of carbonyl (C=O) groups excluding carboxylic acids is 1. The van der Waals surface area contributed by atoms with Crippen LogP contribution in [0.4, 0.5) is 0 Å². The van der Waals surface area contributed by atoms with Gasteiger partial charge in [0.15, 0.2) is 6.54 Å². The molecule has 2 N–H and O–H groups in total. The molecule has 3 nitrogen and oxygen atoms in total. The molecule has 2 aromatic rings. The fourth-order valence-corrected chi connectivity index (χ4v) is 3.39. The van der Waals surface area contributed by atoms with E-state index in [2.05, 4.69) is 35.7 Å². The lowest BCUT2D eigenvalue weighted by atomic mass is 10.00. The minimum atomic E-state index is 0.139. The van der Waals surface area contributed by atoms with Crippen molar-refractivity contribution in [3.8, 4) is 0 Å². The molecule has 0 spiro atoms. The number of hydrogen-bond donors (Lipinski definition) is 2. The van der Waals surface area contributed by atoms with Crippen molar-refractivity contribution in [1.82, 2.24) is 5.32 Å². The largest absolute Gasteiger partial charge is 0.346 e. The molecule has 114 valence electrons. The average molecular weight is 313 g/mol. The second-order valence-electron chi connectivity index (χ2n) is 5.58. The van der Waals surface area contributed by atoms with Crippen molar-refractivity contribution in [2.24, 2.45) is 0 Å². The first-order valence-corrected chi connectivity index (χ1v) is 8.56. The summed E-state index contributed by atoms with van der Waals surface area (Å²) in [6.07, 6.45) is 3.32. The SMILES string of the molecule is O=C(C[NH+]1CC=C(c2ccccc2)CC1)NCc1cccs1. The summed E-state index contributed by atoms with van der Waals surface area (Å²) < 4.78 is 0. The summed E-state index contributed by atoms with van der Waals surface area (Å²) in [4.78, 5) is 14.5. The van der Waals surface area contributed by atoms with Gasteiger partial charge in [-0.3, -0.25) is 4.79 Å². The molecular formula is C18H21N2OS+. The van der Waals surface area contributed by atoms with Gasteiger partial charge in [0.25, 0.3) is 5.91 Å². The van der Waals surface area contributed by atoms with Gasteiger partial charge in [-0.1, -0.05) is 36.4 Å². The Kier molecular flexibility index (Phi) is 5.03. The predicted octanol–water partition coefficient (Wildman–Crippen LogP) is 1.74. The minimum absolute atomic E-state index is 0.139. The van der Waals surface area contributed by atoms with Crippen LogP contribution in [0.5, 0.6) is 0 Å². The molecule has 0 saturated heterocycles. The molecule has 1 aliphatic rings. The van der Waals surface area contributed by atoms with E-state index in [1.807, 2.05) is 23.6 Å². The van der Waals surface area contributed by atoms with Crippen LogP contribution in [-0.2, 0) is 11.3 Å². The lowest BCUT2D eigenvalue weighted by Crippen LogP contribution is -3.13. The lowest BCUT2D eigenvalue weighted by molar-refractivity contribution is -0.886. The number of carbonyl (C=O) groups is 1. The fourth-order valence-electron chi connectivity index (χ4n) is 2.75. The molecule has 1 unspecified atom stereocenters. The first-order valence-electron chi connectivity index (χ1n) is 7.68. The molecule has 0 fully saturated rings. The minimum Gasteiger partial charge on any atom is -0.346 e. The van der Waals surface area contributed by atoms with E-state index in [1.165, 1.54) is 20.9 Å². The molecule has 4 heteroatoms. The van der Waals surface area contributed by atoms with E-state index in [-0.39, 0.29) is 5.91 Å². The smallest absolute Gasteiger partial charge is 0.275 e. The van der Waals surface area contributed by atoms with Crippen molar-refractivity contribution in [2.45, 2.75) is 13.0 Å². The van der Waals surface area contributed by atoms with Crippen molar-refractivity contribution in [1.29, 1.82) is 0 Å². The highest BCUT2D eigenvalue weighted by Gasteiger charge is 2.18. The van der Waals surface area contributed by atoms with Crippen LogP contribution in [0.1, 0.15) is 16.9 Å². The van der Waals surface area contributed by atoms with E-state index >= 15 is 0 Å². The molecule has 1 aromatic carbocycles. The van der Waals surface area contributed by atoms with Gasteiger partial charge in [0.1, 0.15) is 0 Å². The van der Waals surface area contributed by atoms with Crippen LogP contribution < -0.4 is 10.2 Å². The second kappa shape index (κ2) is 7.38. The molecule has 1 aliphatic heterocycles. The Bertz CT molecular complexity index is 634. The molecule has 0 saturated carbocycles. The zero-order valence-electron chi connectivity index (χ0n) is 12.5. The highest BCUT2D eigenvalue weighted by Crippen LogP contribution is 2.17. The summed E-state index contributed by atoms with van der Waals surface area (Å²) in [7, 11) is 0. The molecular weight excluding hydrogens is 292 g/mol. The van der Waals surface area contributed by atoms with Gasteiger partial charge in [-0.05, 0) is 28.7 Å². The summed E-state index contributed by atoms with van der Waals surface area (Å²) >= 11 is 1.68. The van der Waals surface area contributed by atoms with Gasteiger partial charge in [-0.15, -0.1) is 11.3 Å². The van der Waals surface area contributed by atoms with Gasteiger partial charge < -0.3 is 10.2 Å². The first-order chi connectivity index (χ1) is 10.8. The van der Waals surface area contributed by atoms with Crippen molar-refractivity contribution in [3.05, 3.63) is 64.4 Å². The number of quaternary nitrogens is 1. The topological polar surface area (TPSA) is 33.5 Å². The van der Waals surface area contributed by atoms with Crippen LogP contribution in [-0.4, -0.2) is 25.5 Å². The molecule has 1 amide bonds. The molecule has 1 atom stereocenters. The lowest BCUT2D eigenvalue weighted by Gasteiger charge is -2.23. The average Bonchev–Trinajstić information content (AvgIpc) is 3.08. The molecule has 0 bridgehead atoms. The highest BCUT2D eigenvalue weighted by atomic mass is 32.1. The van der Waals surface area contributed by atoms with E-state index in [9.17, 15) is 4.79 Å². The number of thiophene rings is 1. The third-order valence-electron chi connectivity index (χ3n) is 3.98. The van der Waals surface area contributed by atoms with Crippen LogP contribution in [0.25, 0.3) is 5.57 Å². The molecule has 1 aromatic heterocycles. The fraction of sp³-hybridized carbons (Fsp3) is 0.278. The van der Waals surface area contributed by atoms with Crippen LogP contribution in [0.3, 0.4) is 0 Å². The van der Waals surface area contributed by atoms with E-state index < -0.39 is 0 Å². The molecule has 22 heavy (non-hydrogen) atoms. The molecule has 3 rings (SSSR count). The standard InChI is InChI=1S/C18H20N2OS/c21-18(19-13-17-7-4-12-22-17)14-20-10-8-16(9-11-20)15-5-2-1-3-6-15/h1-8,12H,9-11,13-14H2,(H,19,21)/p+1. The zero-order valence-corrected chi connectivity index (χ0v) is 13.4.